The summed E-state index contributed by atoms with van der Waals surface area (Å²) in [5, 5.41) is 12.4. The number of hydrogen-bond acceptors (Lipinski definition) is 7. The second-order valence-electron chi connectivity index (χ2n) is 7.75. The maximum absolute atomic E-state index is 14.1. The molecule has 0 unspecified atom stereocenters. The average Bonchev–Trinajstić information content (AvgIpc) is 3.57. The van der Waals surface area contributed by atoms with Crippen LogP contribution >= 0.6 is 0 Å². The summed E-state index contributed by atoms with van der Waals surface area (Å²) in [5.74, 6) is -1.51. The van der Waals surface area contributed by atoms with Crippen molar-refractivity contribution >= 4 is 11.4 Å². The number of fused-ring (bicyclic) bond motifs is 2. The minimum absolute atomic E-state index is 0.107. The highest BCUT2D eigenvalue weighted by molar-refractivity contribution is 5.90. The fourth-order valence-corrected chi connectivity index (χ4v) is 4.18. The van der Waals surface area contributed by atoms with Crippen molar-refractivity contribution < 1.29 is 13.6 Å². The lowest BCUT2D eigenvalue weighted by Gasteiger charge is -2.32. The van der Waals surface area contributed by atoms with Gasteiger partial charge < -0.3 is 14.3 Å². The van der Waals surface area contributed by atoms with Crippen molar-refractivity contribution in [2.45, 2.75) is 19.4 Å². The van der Waals surface area contributed by atoms with E-state index in [0.717, 1.165) is 16.8 Å². The number of aromatic nitrogens is 7. The Bertz CT molecular complexity index is 1500. The van der Waals surface area contributed by atoms with E-state index in [0.29, 0.717) is 24.4 Å². The molecule has 0 spiro atoms. The molecule has 5 aromatic rings. The van der Waals surface area contributed by atoms with Crippen LogP contribution in [0, 0.1) is 12.7 Å². The first-order valence-corrected chi connectivity index (χ1v) is 10.3. The number of aromatic amines is 1. The number of nitrogens with one attached hydrogen (secondary N) is 1. The normalized spacial score (nSPS) is 15.7. The molecule has 164 valence electrons. The molecule has 0 saturated carbocycles. The van der Waals surface area contributed by atoms with Gasteiger partial charge in [0.15, 0.2) is 11.5 Å². The van der Waals surface area contributed by atoms with E-state index in [1.54, 1.807) is 15.7 Å². The van der Waals surface area contributed by atoms with E-state index < -0.39 is 17.8 Å². The molecular formula is C22H17FN8O2. The van der Waals surface area contributed by atoms with Crippen molar-refractivity contribution in [3.8, 4) is 11.6 Å². The zero-order valence-electron chi connectivity index (χ0n) is 17.4. The van der Waals surface area contributed by atoms with E-state index in [2.05, 4.69) is 25.1 Å². The van der Waals surface area contributed by atoms with Gasteiger partial charge >= 0.3 is 11.8 Å². The molecule has 6 heterocycles. The molecule has 0 radical (unpaired) electrons. The van der Waals surface area contributed by atoms with Crippen LogP contribution in [-0.2, 0) is 6.42 Å². The Morgan fingerprint density at radius 2 is 2.15 bits per heavy atom. The van der Waals surface area contributed by atoms with Crippen LogP contribution in [0.25, 0.3) is 17.1 Å². The van der Waals surface area contributed by atoms with E-state index >= 15 is 0 Å². The highest BCUT2D eigenvalue weighted by Gasteiger charge is 2.38. The summed E-state index contributed by atoms with van der Waals surface area (Å²) >= 11 is 0. The summed E-state index contributed by atoms with van der Waals surface area (Å²) in [4.78, 5) is 26.6. The molecule has 6 rings (SSSR count). The molecule has 0 aromatic carbocycles. The summed E-state index contributed by atoms with van der Waals surface area (Å²) in [5.41, 5.74) is 4.22. The molecule has 5 aromatic heterocycles. The summed E-state index contributed by atoms with van der Waals surface area (Å²) in [6, 6.07) is 8.01. The van der Waals surface area contributed by atoms with Crippen LogP contribution in [-0.4, -0.2) is 52.1 Å². The predicted octanol–water partition coefficient (Wildman–Crippen LogP) is 2.74. The monoisotopic (exact) mass is 444 g/mol. The van der Waals surface area contributed by atoms with Crippen molar-refractivity contribution in [2.24, 2.45) is 0 Å². The Morgan fingerprint density at radius 1 is 1.24 bits per heavy atom. The van der Waals surface area contributed by atoms with Gasteiger partial charge in [-0.05, 0) is 36.8 Å². The molecule has 0 bridgehead atoms. The number of halogens is 1. The SMILES string of the molecule is Cc1cccn2nc([C@H]3c4nc[nH]c4CCN3C(=O)c3nnc(-c4ncccc4F)o3)cc12. The van der Waals surface area contributed by atoms with Gasteiger partial charge in [-0.15, -0.1) is 10.2 Å². The molecule has 11 heteroatoms. The topological polar surface area (TPSA) is 118 Å². The molecule has 1 aliphatic heterocycles. The van der Waals surface area contributed by atoms with Gasteiger partial charge in [-0.1, -0.05) is 6.07 Å². The lowest BCUT2D eigenvalue weighted by molar-refractivity contribution is 0.0646. The molecule has 0 fully saturated rings. The number of pyridine rings is 2. The lowest BCUT2D eigenvalue weighted by atomic mass is 9.99. The number of rotatable bonds is 3. The van der Waals surface area contributed by atoms with Gasteiger partial charge in [0, 0.05) is 31.1 Å². The number of nitrogens with zero attached hydrogens (tertiary/aromatic N) is 7. The third-order valence-electron chi connectivity index (χ3n) is 5.77. The smallest absolute Gasteiger partial charge is 0.312 e. The molecule has 1 N–H and O–H groups in total. The second kappa shape index (κ2) is 7.33. The zero-order valence-corrected chi connectivity index (χ0v) is 17.4. The van der Waals surface area contributed by atoms with Crippen molar-refractivity contribution in [3.05, 3.63) is 83.4 Å². The van der Waals surface area contributed by atoms with Crippen molar-refractivity contribution in [1.29, 1.82) is 0 Å². The number of imidazole rings is 1. The number of carbonyl (C=O) groups excluding carboxylic acids is 1. The lowest BCUT2D eigenvalue weighted by Crippen LogP contribution is -2.41. The maximum atomic E-state index is 14.1. The highest BCUT2D eigenvalue weighted by atomic mass is 19.1. The van der Waals surface area contributed by atoms with E-state index in [-0.39, 0.29) is 17.5 Å². The molecule has 1 amide bonds. The first-order valence-electron chi connectivity index (χ1n) is 10.3. The Balaban J connectivity index is 1.41. The van der Waals surface area contributed by atoms with Crippen LogP contribution < -0.4 is 0 Å². The number of carbonyl (C=O) groups is 1. The Morgan fingerprint density at radius 3 is 3.00 bits per heavy atom. The quantitative estimate of drug-likeness (QED) is 0.455. The third kappa shape index (κ3) is 3.08. The van der Waals surface area contributed by atoms with Gasteiger partial charge in [-0.25, -0.2) is 18.9 Å². The van der Waals surface area contributed by atoms with Gasteiger partial charge in [0.05, 0.1) is 23.2 Å². The van der Waals surface area contributed by atoms with Crippen LogP contribution in [0.3, 0.4) is 0 Å². The minimum atomic E-state index is -0.614. The number of H-pyrrole nitrogens is 1. The first kappa shape index (κ1) is 19.3. The largest absolute Gasteiger partial charge is 0.411 e. The summed E-state index contributed by atoms with van der Waals surface area (Å²) < 4.78 is 21.4. The van der Waals surface area contributed by atoms with Gasteiger partial charge in [0.2, 0.25) is 0 Å². The van der Waals surface area contributed by atoms with Gasteiger partial charge in [0.1, 0.15) is 6.04 Å². The maximum Gasteiger partial charge on any atom is 0.312 e. The second-order valence-corrected chi connectivity index (χ2v) is 7.75. The van der Waals surface area contributed by atoms with E-state index in [9.17, 15) is 9.18 Å². The average molecular weight is 444 g/mol. The third-order valence-corrected chi connectivity index (χ3v) is 5.77. The molecular weight excluding hydrogens is 427 g/mol. The molecule has 10 nitrogen and oxygen atoms in total. The van der Waals surface area contributed by atoms with Gasteiger partial charge in [-0.3, -0.25) is 4.79 Å². The van der Waals surface area contributed by atoms with Crippen LogP contribution in [0.5, 0.6) is 0 Å². The van der Waals surface area contributed by atoms with Crippen LogP contribution in [0.15, 0.2) is 53.5 Å². The minimum Gasteiger partial charge on any atom is -0.411 e. The number of amides is 1. The van der Waals surface area contributed by atoms with Gasteiger partial charge in [-0.2, -0.15) is 5.10 Å². The molecule has 33 heavy (non-hydrogen) atoms. The molecule has 0 aliphatic carbocycles. The van der Waals surface area contributed by atoms with Crippen molar-refractivity contribution in [2.75, 3.05) is 6.54 Å². The number of aryl methyl sites for hydroxylation is 1. The fraction of sp³-hybridized carbons (Fsp3) is 0.182. The molecule has 0 saturated heterocycles. The summed E-state index contributed by atoms with van der Waals surface area (Å²) in [6.07, 6.45) is 5.47. The summed E-state index contributed by atoms with van der Waals surface area (Å²) in [7, 11) is 0. The van der Waals surface area contributed by atoms with Gasteiger partial charge in [0.25, 0.3) is 5.89 Å². The van der Waals surface area contributed by atoms with Crippen molar-refractivity contribution in [1.82, 2.24) is 39.7 Å². The fourth-order valence-electron chi connectivity index (χ4n) is 4.18. The number of hydrogen-bond donors (Lipinski definition) is 1. The van der Waals surface area contributed by atoms with Crippen LogP contribution in [0.2, 0.25) is 0 Å². The zero-order chi connectivity index (χ0) is 22.5. The molecule has 1 aliphatic rings. The first-order chi connectivity index (χ1) is 16.1. The Hall–Kier alpha value is -4.41. The predicted molar refractivity (Wildman–Crippen MR) is 113 cm³/mol. The highest BCUT2D eigenvalue weighted by Crippen LogP contribution is 2.34. The van der Waals surface area contributed by atoms with E-state index in [1.165, 1.54) is 18.3 Å². The Kier molecular flexibility index (Phi) is 4.28. The Labute approximate surface area is 186 Å². The molecule has 1 atom stereocenters. The van der Waals surface area contributed by atoms with Crippen LogP contribution in [0.4, 0.5) is 4.39 Å². The standard InChI is InChI=1S/C22H17FN8O2/c1-12-4-3-8-31-16(12)10-15(29-31)19-18-14(25-11-26-18)6-9-30(19)22(32)21-28-27-20(33-21)17-13(23)5-2-7-24-17/h2-5,7-8,10-11,19H,6,9H2,1H3,(H,25,26)/t19-/m0/s1. The van der Waals surface area contributed by atoms with E-state index in [1.807, 2.05) is 31.3 Å². The summed E-state index contributed by atoms with van der Waals surface area (Å²) in [6.45, 7) is 2.39. The van der Waals surface area contributed by atoms with Crippen molar-refractivity contribution in [3.63, 3.8) is 0 Å². The van der Waals surface area contributed by atoms with Crippen LogP contribution in [0.1, 0.15) is 39.4 Å². The van der Waals surface area contributed by atoms with E-state index in [4.69, 9.17) is 9.52 Å².